The Kier molecular flexibility index (Phi) is 6.01. The molecule has 5 nitrogen and oxygen atoms in total. The number of nitrogens with one attached hydrogen (secondary N) is 1. The molecule has 1 aliphatic rings. The van der Waals surface area contributed by atoms with Gasteiger partial charge in [0.15, 0.2) is 5.75 Å². The second kappa shape index (κ2) is 8.43. The van der Waals surface area contributed by atoms with Gasteiger partial charge >= 0.3 is 6.03 Å². The van der Waals surface area contributed by atoms with Crippen LogP contribution in [-0.4, -0.2) is 36.7 Å². The van der Waals surface area contributed by atoms with E-state index in [1.807, 2.05) is 44.2 Å². The van der Waals surface area contributed by atoms with Crippen LogP contribution in [0.5, 0.6) is 5.75 Å². The molecule has 2 amide bonds. The summed E-state index contributed by atoms with van der Waals surface area (Å²) in [6, 6.07) is 15.1. The number of morpholine rings is 1. The van der Waals surface area contributed by atoms with Crippen LogP contribution in [0.3, 0.4) is 0 Å². The van der Waals surface area contributed by atoms with Crippen LogP contribution in [-0.2, 0) is 4.74 Å². The molecule has 0 saturated carbocycles. The number of carbonyl (C=O) groups is 1. The minimum atomic E-state index is -0.190. The summed E-state index contributed by atoms with van der Waals surface area (Å²) in [5, 5.41) is 3.39. The van der Waals surface area contributed by atoms with E-state index in [-0.39, 0.29) is 18.2 Å². The van der Waals surface area contributed by atoms with Gasteiger partial charge in [0.1, 0.15) is 6.10 Å². The van der Waals surface area contributed by atoms with Crippen molar-refractivity contribution in [1.82, 2.24) is 4.90 Å². The Bertz CT molecular complexity index is 752. The van der Waals surface area contributed by atoms with E-state index in [2.05, 4.69) is 5.32 Å². The number of halogens is 1. The van der Waals surface area contributed by atoms with Crippen LogP contribution in [0.15, 0.2) is 48.5 Å². The van der Waals surface area contributed by atoms with Crippen molar-refractivity contribution in [2.45, 2.75) is 26.1 Å². The van der Waals surface area contributed by atoms with E-state index in [0.29, 0.717) is 36.2 Å². The van der Waals surface area contributed by atoms with E-state index in [0.717, 1.165) is 5.56 Å². The Balaban J connectivity index is 1.71. The van der Waals surface area contributed by atoms with E-state index in [4.69, 9.17) is 21.1 Å². The Morgan fingerprint density at radius 1 is 1.23 bits per heavy atom. The highest BCUT2D eigenvalue weighted by Gasteiger charge is 2.26. The van der Waals surface area contributed by atoms with Gasteiger partial charge in [0.2, 0.25) is 0 Å². The number of carbonyl (C=O) groups excluding carboxylic acids is 1. The number of benzene rings is 2. The monoisotopic (exact) mass is 374 g/mol. The predicted molar refractivity (Wildman–Crippen MR) is 103 cm³/mol. The summed E-state index contributed by atoms with van der Waals surface area (Å²) in [5.74, 6) is 0.491. The quantitative estimate of drug-likeness (QED) is 0.841. The molecule has 0 radical (unpaired) electrons. The Morgan fingerprint density at radius 3 is 2.73 bits per heavy atom. The summed E-state index contributed by atoms with van der Waals surface area (Å²) in [6.45, 7) is 5.37. The van der Waals surface area contributed by atoms with Crippen LogP contribution < -0.4 is 10.1 Å². The molecule has 1 N–H and O–H groups in total. The summed E-state index contributed by atoms with van der Waals surface area (Å²) in [5.41, 5.74) is 1.63. The summed E-state index contributed by atoms with van der Waals surface area (Å²) in [6.07, 6.45) is -0.169. The van der Waals surface area contributed by atoms with Crippen molar-refractivity contribution < 1.29 is 14.3 Å². The van der Waals surface area contributed by atoms with Crippen molar-refractivity contribution in [1.29, 1.82) is 0 Å². The molecule has 2 aromatic rings. The van der Waals surface area contributed by atoms with E-state index < -0.39 is 0 Å². The van der Waals surface area contributed by atoms with Crippen molar-refractivity contribution >= 4 is 23.3 Å². The number of amides is 2. The maximum absolute atomic E-state index is 12.8. The largest absolute Gasteiger partial charge is 0.487 e. The van der Waals surface area contributed by atoms with E-state index in [1.165, 1.54) is 0 Å². The molecule has 1 atom stereocenters. The molecule has 26 heavy (non-hydrogen) atoms. The summed E-state index contributed by atoms with van der Waals surface area (Å²) in [4.78, 5) is 14.5. The third-order valence-corrected chi connectivity index (χ3v) is 4.38. The average Bonchev–Trinajstić information content (AvgIpc) is 2.65. The number of urea groups is 1. The van der Waals surface area contributed by atoms with Gasteiger partial charge in [-0.25, -0.2) is 4.79 Å². The fraction of sp³-hybridized carbons (Fsp3) is 0.350. The maximum atomic E-state index is 12.8. The van der Waals surface area contributed by atoms with Gasteiger partial charge in [-0.05, 0) is 31.5 Å². The lowest BCUT2D eigenvalue weighted by Crippen LogP contribution is -2.44. The number of hydrogen-bond donors (Lipinski definition) is 1. The molecule has 1 saturated heterocycles. The predicted octanol–water partition coefficient (Wildman–Crippen LogP) is 4.73. The lowest BCUT2D eigenvalue weighted by atomic mass is 10.1. The molecular formula is C20H23ClN2O3. The van der Waals surface area contributed by atoms with Gasteiger partial charge in [-0.15, -0.1) is 0 Å². The number of rotatable bonds is 4. The second-order valence-electron chi connectivity index (χ2n) is 6.43. The number of anilines is 1. The lowest BCUT2D eigenvalue weighted by Gasteiger charge is -2.33. The Labute approximate surface area is 158 Å². The van der Waals surface area contributed by atoms with Crippen molar-refractivity contribution in [2.24, 2.45) is 0 Å². The van der Waals surface area contributed by atoms with Crippen LogP contribution in [0.1, 0.15) is 25.5 Å². The number of nitrogens with zero attached hydrogens (tertiary/aromatic N) is 1. The molecule has 0 aliphatic carbocycles. The number of ether oxygens (including phenoxy) is 2. The van der Waals surface area contributed by atoms with Crippen LogP contribution in [0.4, 0.5) is 10.5 Å². The van der Waals surface area contributed by atoms with Crippen molar-refractivity contribution in [3.63, 3.8) is 0 Å². The molecule has 2 aromatic carbocycles. The van der Waals surface area contributed by atoms with Crippen LogP contribution in [0.25, 0.3) is 0 Å². The zero-order valence-electron chi connectivity index (χ0n) is 14.9. The SMILES string of the molecule is CC(C)Oc1c(Cl)cccc1NC(=O)N1CCOC(c2ccccc2)C1. The third kappa shape index (κ3) is 4.48. The summed E-state index contributed by atoms with van der Waals surface area (Å²) >= 11 is 6.24. The molecule has 3 rings (SSSR count). The minimum Gasteiger partial charge on any atom is -0.487 e. The third-order valence-electron chi connectivity index (χ3n) is 4.09. The highest BCUT2D eigenvalue weighted by molar-refractivity contribution is 6.32. The smallest absolute Gasteiger partial charge is 0.322 e. The van der Waals surface area contributed by atoms with Crippen molar-refractivity contribution in [2.75, 3.05) is 25.0 Å². The normalized spacial score (nSPS) is 17.2. The molecule has 0 aromatic heterocycles. The molecule has 0 bridgehead atoms. The molecular weight excluding hydrogens is 352 g/mol. The van der Waals surface area contributed by atoms with Crippen LogP contribution >= 0.6 is 11.6 Å². The van der Waals surface area contributed by atoms with Gasteiger partial charge in [0.25, 0.3) is 0 Å². The maximum Gasteiger partial charge on any atom is 0.322 e. The van der Waals surface area contributed by atoms with Crippen LogP contribution in [0.2, 0.25) is 5.02 Å². The molecule has 138 valence electrons. The molecule has 1 fully saturated rings. The summed E-state index contributed by atoms with van der Waals surface area (Å²) in [7, 11) is 0. The molecule has 0 spiro atoms. The van der Waals surface area contributed by atoms with E-state index >= 15 is 0 Å². The van der Waals surface area contributed by atoms with Gasteiger partial charge in [-0.2, -0.15) is 0 Å². The van der Waals surface area contributed by atoms with Gasteiger partial charge in [0, 0.05) is 6.54 Å². The first-order chi connectivity index (χ1) is 12.5. The standard InChI is InChI=1S/C20H23ClN2O3/c1-14(2)26-19-16(21)9-6-10-17(19)22-20(24)23-11-12-25-18(13-23)15-7-4-3-5-8-15/h3-10,14,18H,11-13H2,1-2H3,(H,22,24). The highest BCUT2D eigenvalue weighted by atomic mass is 35.5. The zero-order valence-corrected chi connectivity index (χ0v) is 15.7. The van der Waals surface area contributed by atoms with Gasteiger partial charge < -0.3 is 19.7 Å². The topological polar surface area (TPSA) is 50.8 Å². The first-order valence-electron chi connectivity index (χ1n) is 8.72. The fourth-order valence-electron chi connectivity index (χ4n) is 2.86. The molecule has 1 aliphatic heterocycles. The van der Waals surface area contributed by atoms with E-state index in [9.17, 15) is 4.79 Å². The Hall–Kier alpha value is -2.24. The Morgan fingerprint density at radius 2 is 2.00 bits per heavy atom. The average molecular weight is 375 g/mol. The minimum absolute atomic E-state index is 0.0450. The lowest BCUT2D eigenvalue weighted by molar-refractivity contribution is -0.0135. The molecule has 6 heteroatoms. The van der Waals surface area contributed by atoms with Gasteiger partial charge in [-0.1, -0.05) is 48.0 Å². The van der Waals surface area contributed by atoms with Crippen LogP contribution in [0, 0.1) is 0 Å². The van der Waals surface area contributed by atoms with Crippen molar-refractivity contribution in [3.8, 4) is 5.75 Å². The molecule has 1 heterocycles. The van der Waals surface area contributed by atoms with Crippen molar-refractivity contribution in [3.05, 3.63) is 59.1 Å². The van der Waals surface area contributed by atoms with E-state index in [1.54, 1.807) is 23.1 Å². The second-order valence-corrected chi connectivity index (χ2v) is 6.84. The fourth-order valence-corrected chi connectivity index (χ4v) is 3.08. The first kappa shape index (κ1) is 18.5. The number of hydrogen-bond acceptors (Lipinski definition) is 3. The van der Waals surface area contributed by atoms with Gasteiger partial charge in [0.05, 0.1) is 30.0 Å². The zero-order chi connectivity index (χ0) is 18.5. The number of para-hydroxylation sites is 1. The highest BCUT2D eigenvalue weighted by Crippen LogP contribution is 2.34. The summed E-state index contributed by atoms with van der Waals surface area (Å²) < 4.78 is 11.6. The first-order valence-corrected chi connectivity index (χ1v) is 9.10. The molecule has 1 unspecified atom stereocenters. The van der Waals surface area contributed by atoms with Gasteiger partial charge in [-0.3, -0.25) is 0 Å².